The van der Waals surface area contributed by atoms with Gasteiger partial charge in [0, 0.05) is 5.56 Å². The summed E-state index contributed by atoms with van der Waals surface area (Å²) < 4.78 is 45.7. The van der Waals surface area contributed by atoms with Gasteiger partial charge in [-0.05, 0) is 42.5 Å². The fourth-order valence-corrected chi connectivity index (χ4v) is 3.40. The lowest BCUT2D eigenvalue weighted by Crippen LogP contribution is -2.24. The minimum absolute atomic E-state index is 0.0810. The lowest BCUT2D eigenvalue weighted by molar-refractivity contribution is 0.415. The van der Waals surface area contributed by atoms with Crippen molar-refractivity contribution in [3.05, 3.63) is 72.4 Å². The van der Waals surface area contributed by atoms with E-state index in [1.807, 2.05) is 12.1 Å². The first-order valence-corrected chi connectivity index (χ1v) is 9.17. The van der Waals surface area contributed by atoms with E-state index in [-0.39, 0.29) is 6.54 Å². The van der Waals surface area contributed by atoms with Crippen LogP contribution in [0.25, 0.3) is 11.3 Å². The van der Waals surface area contributed by atoms with Crippen LogP contribution < -0.4 is 9.46 Å². The number of hydrogen-bond donors (Lipinski definition) is 1. The van der Waals surface area contributed by atoms with Crippen molar-refractivity contribution < 1.29 is 17.5 Å². The summed E-state index contributed by atoms with van der Waals surface area (Å²) in [5, 5.41) is 0. The van der Waals surface area contributed by atoms with Gasteiger partial charge in [-0.1, -0.05) is 12.1 Å². The second-order valence-electron chi connectivity index (χ2n) is 5.38. The Labute approximate surface area is 150 Å². The van der Waals surface area contributed by atoms with E-state index >= 15 is 0 Å². The van der Waals surface area contributed by atoms with E-state index in [9.17, 15) is 12.8 Å². The van der Waals surface area contributed by atoms with E-state index in [0.717, 1.165) is 17.4 Å². The number of hydrogen-bond acceptors (Lipinski definition) is 5. The Morgan fingerprint density at radius 1 is 1.08 bits per heavy atom. The van der Waals surface area contributed by atoms with E-state index < -0.39 is 20.7 Å². The second-order valence-corrected chi connectivity index (χ2v) is 7.11. The molecule has 3 rings (SSSR count). The average Bonchev–Trinajstić information content (AvgIpc) is 2.67. The van der Waals surface area contributed by atoms with E-state index in [1.165, 1.54) is 24.5 Å². The van der Waals surface area contributed by atoms with Crippen molar-refractivity contribution in [1.82, 2.24) is 14.7 Å². The van der Waals surface area contributed by atoms with Crippen LogP contribution in [0.15, 0.2) is 65.8 Å². The average molecular weight is 373 g/mol. The van der Waals surface area contributed by atoms with Crippen LogP contribution in [-0.4, -0.2) is 25.5 Å². The maximum Gasteiger partial charge on any atom is 0.243 e. The van der Waals surface area contributed by atoms with Crippen LogP contribution in [0, 0.1) is 5.82 Å². The highest BCUT2D eigenvalue weighted by Gasteiger charge is 2.18. The molecule has 0 fully saturated rings. The molecule has 134 valence electrons. The first kappa shape index (κ1) is 18.0. The minimum Gasteiger partial charge on any atom is -0.497 e. The van der Waals surface area contributed by atoms with Gasteiger partial charge in [-0.2, -0.15) is 0 Å². The summed E-state index contributed by atoms with van der Waals surface area (Å²) in [5.41, 5.74) is 1.94. The van der Waals surface area contributed by atoms with E-state index in [1.54, 1.807) is 25.3 Å². The lowest BCUT2D eigenvalue weighted by atomic mass is 10.1. The maximum atomic E-state index is 13.7. The molecule has 0 saturated carbocycles. The summed E-state index contributed by atoms with van der Waals surface area (Å²) in [6.45, 7) is -0.0810. The summed E-state index contributed by atoms with van der Waals surface area (Å²) in [4.78, 5) is 7.86. The molecule has 0 unspecified atom stereocenters. The molecule has 3 aromatic rings. The quantitative estimate of drug-likeness (QED) is 0.719. The predicted molar refractivity (Wildman–Crippen MR) is 94.4 cm³/mol. The zero-order chi connectivity index (χ0) is 18.6. The molecule has 0 aliphatic carbocycles. The van der Waals surface area contributed by atoms with Crippen molar-refractivity contribution in [2.45, 2.75) is 11.4 Å². The number of halogens is 1. The van der Waals surface area contributed by atoms with Crippen molar-refractivity contribution in [2.24, 2.45) is 0 Å². The van der Waals surface area contributed by atoms with Gasteiger partial charge in [-0.3, -0.25) is 0 Å². The van der Waals surface area contributed by atoms with E-state index in [4.69, 9.17) is 4.74 Å². The van der Waals surface area contributed by atoms with Crippen LogP contribution in [-0.2, 0) is 16.6 Å². The molecular weight excluding hydrogens is 357 g/mol. The number of benzene rings is 2. The molecule has 1 heterocycles. The van der Waals surface area contributed by atoms with Crippen molar-refractivity contribution in [3.63, 3.8) is 0 Å². The third kappa shape index (κ3) is 4.04. The van der Waals surface area contributed by atoms with Gasteiger partial charge < -0.3 is 4.74 Å². The van der Waals surface area contributed by atoms with Gasteiger partial charge in [-0.15, -0.1) is 0 Å². The maximum absolute atomic E-state index is 13.7. The van der Waals surface area contributed by atoms with Crippen LogP contribution in [0.2, 0.25) is 0 Å². The summed E-state index contributed by atoms with van der Waals surface area (Å²) in [6, 6.07) is 14.2. The number of ether oxygens (including phenoxy) is 1. The normalized spacial score (nSPS) is 11.3. The summed E-state index contributed by atoms with van der Waals surface area (Å²) >= 11 is 0. The van der Waals surface area contributed by atoms with Crippen molar-refractivity contribution in [3.8, 4) is 17.0 Å². The number of nitrogens with one attached hydrogen (secondary N) is 1. The molecular formula is C18H16FN3O3S. The SMILES string of the molecule is COc1ccc(-c2cc(CNS(=O)(=O)c3ccccc3F)ncn2)cc1. The molecule has 0 atom stereocenters. The van der Waals surface area contributed by atoms with Crippen LogP contribution in [0.4, 0.5) is 4.39 Å². The molecule has 0 aliphatic heterocycles. The van der Waals surface area contributed by atoms with Crippen LogP contribution >= 0.6 is 0 Å². The highest BCUT2D eigenvalue weighted by atomic mass is 32.2. The molecule has 0 spiro atoms. The smallest absolute Gasteiger partial charge is 0.243 e. The zero-order valence-corrected chi connectivity index (χ0v) is 14.7. The van der Waals surface area contributed by atoms with Crippen LogP contribution in [0.3, 0.4) is 0 Å². The molecule has 1 aromatic heterocycles. The highest BCUT2D eigenvalue weighted by Crippen LogP contribution is 2.21. The Bertz CT molecular complexity index is 1010. The summed E-state index contributed by atoms with van der Waals surface area (Å²) in [7, 11) is -2.39. The molecule has 2 aromatic carbocycles. The lowest BCUT2D eigenvalue weighted by Gasteiger charge is -2.08. The molecule has 8 heteroatoms. The molecule has 0 radical (unpaired) electrons. The van der Waals surface area contributed by atoms with E-state index in [2.05, 4.69) is 14.7 Å². The Balaban J connectivity index is 1.77. The molecule has 0 bridgehead atoms. The molecule has 0 aliphatic rings. The van der Waals surface area contributed by atoms with Gasteiger partial charge in [0.25, 0.3) is 0 Å². The molecule has 6 nitrogen and oxygen atoms in total. The summed E-state index contributed by atoms with van der Waals surface area (Å²) in [6.07, 6.45) is 1.35. The van der Waals surface area contributed by atoms with Gasteiger partial charge in [0.15, 0.2) is 0 Å². The van der Waals surface area contributed by atoms with Gasteiger partial charge in [0.05, 0.1) is 25.0 Å². The van der Waals surface area contributed by atoms with Crippen molar-refractivity contribution in [1.29, 1.82) is 0 Å². The third-order valence-corrected chi connectivity index (χ3v) is 5.11. The topological polar surface area (TPSA) is 81.2 Å². The first-order valence-electron chi connectivity index (χ1n) is 7.69. The number of sulfonamides is 1. The predicted octanol–water partition coefficient (Wildman–Crippen LogP) is 2.77. The standard InChI is InChI=1S/C18H16FN3O3S/c1-25-15-8-6-13(7-9-15)17-10-14(20-12-21-17)11-22-26(23,24)18-5-3-2-4-16(18)19/h2-10,12,22H,11H2,1H3. The number of methoxy groups -OCH3 is 1. The molecule has 0 amide bonds. The second kappa shape index (κ2) is 7.59. The Kier molecular flexibility index (Phi) is 5.24. The van der Waals surface area contributed by atoms with E-state index in [0.29, 0.717) is 11.4 Å². The van der Waals surface area contributed by atoms with Crippen LogP contribution in [0.1, 0.15) is 5.69 Å². The van der Waals surface area contributed by atoms with Crippen LogP contribution in [0.5, 0.6) is 5.75 Å². The third-order valence-electron chi connectivity index (χ3n) is 3.68. The largest absolute Gasteiger partial charge is 0.497 e. The zero-order valence-electron chi connectivity index (χ0n) is 13.9. The fraction of sp³-hybridized carbons (Fsp3) is 0.111. The Hall–Kier alpha value is -2.84. The highest BCUT2D eigenvalue weighted by molar-refractivity contribution is 7.89. The first-order chi connectivity index (χ1) is 12.5. The monoisotopic (exact) mass is 373 g/mol. The van der Waals surface area contributed by atoms with Crippen molar-refractivity contribution in [2.75, 3.05) is 7.11 Å². The molecule has 26 heavy (non-hydrogen) atoms. The number of nitrogens with zero attached hydrogens (tertiary/aromatic N) is 2. The molecule has 1 N–H and O–H groups in total. The van der Waals surface area contributed by atoms with Gasteiger partial charge in [0.2, 0.25) is 10.0 Å². The van der Waals surface area contributed by atoms with Crippen molar-refractivity contribution >= 4 is 10.0 Å². The Morgan fingerprint density at radius 3 is 2.50 bits per heavy atom. The number of aromatic nitrogens is 2. The Morgan fingerprint density at radius 2 is 1.81 bits per heavy atom. The van der Waals surface area contributed by atoms with Gasteiger partial charge in [-0.25, -0.2) is 27.5 Å². The van der Waals surface area contributed by atoms with Gasteiger partial charge in [0.1, 0.15) is 22.8 Å². The molecule has 0 saturated heterocycles. The fourth-order valence-electron chi connectivity index (χ4n) is 2.32. The summed E-state index contributed by atoms with van der Waals surface area (Å²) in [5.74, 6) is -0.0812. The minimum atomic E-state index is -3.98. The van der Waals surface area contributed by atoms with Gasteiger partial charge >= 0.3 is 0 Å². The number of rotatable bonds is 6.